The van der Waals surface area contributed by atoms with E-state index in [9.17, 15) is 13.2 Å². The minimum atomic E-state index is -3.90. The summed E-state index contributed by atoms with van der Waals surface area (Å²) in [5.41, 5.74) is -0.0968. The normalized spacial score (nSPS) is 11.4. The summed E-state index contributed by atoms with van der Waals surface area (Å²) < 4.78 is 27.5. The van der Waals surface area contributed by atoms with Crippen molar-refractivity contribution in [3.8, 4) is 0 Å². The molecule has 102 valence electrons. The van der Waals surface area contributed by atoms with Crippen molar-refractivity contribution in [3.63, 3.8) is 0 Å². The number of nitrogens with one attached hydrogen (secondary N) is 2. The Kier molecular flexibility index (Phi) is 3.25. The van der Waals surface area contributed by atoms with Gasteiger partial charge >= 0.3 is 5.97 Å². The van der Waals surface area contributed by atoms with Crippen molar-refractivity contribution in [2.45, 2.75) is 18.4 Å². The lowest BCUT2D eigenvalue weighted by molar-refractivity contribution is 0.0685. The number of sulfonamides is 1. The number of carboxylic acids is 1. The molecule has 0 aliphatic carbocycles. The first-order valence-electron chi connectivity index (χ1n) is 5.25. The number of anilines is 1. The Morgan fingerprint density at radius 2 is 2.32 bits per heavy atom. The summed E-state index contributed by atoms with van der Waals surface area (Å²) in [6.07, 6.45) is 2.40. The van der Waals surface area contributed by atoms with Crippen molar-refractivity contribution in [3.05, 3.63) is 24.3 Å². The maximum atomic E-state index is 12.0. The maximum Gasteiger partial charge on any atom is 0.352 e. The van der Waals surface area contributed by atoms with Crippen molar-refractivity contribution < 1.29 is 18.3 Å². The van der Waals surface area contributed by atoms with Crippen LogP contribution in [0.25, 0.3) is 0 Å². The van der Waals surface area contributed by atoms with Gasteiger partial charge in [-0.1, -0.05) is 0 Å². The molecule has 0 bridgehead atoms. The van der Waals surface area contributed by atoms with Crippen LogP contribution in [0, 0.1) is 0 Å². The van der Waals surface area contributed by atoms with Crippen molar-refractivity contribution in [2.75, 3.05) is 4.72 Å². The zero-order valence-corrected chi connectivity index (χ0v) is 10.7. The summed E-state index contributed by atoms with van der Waals surface area (Å²) in [6.45, 7) is 2.06. The molecule has 0 spiro atoms. The second-order valence-corrected chi connectivity index (χ2v) is 5.27. The Morgan fingerprint density at radius 1 is 1.58 bits per heavy atom. The van der Waals surface area contributed by atoms with E-state index < -0.39 is 16.0 Å². The summed E-state index contributed by atoms with van der Waals surface area (Å²) in [5, 5.41) is 14.8. The standard InChI is InChI=1S/C9H11N5O4S/c1-2-14-4-6(3-7(14)8(15)16)19(17,18)13-9-10-5-11-12-9/h3-5H,2H2,1H3,(H,15,16)(H2,10,11,12,13). The van der Waals surface area contributed by atoms with Crippen molar-refractivity contribution in [1.29, 1.82) is 0 Å². The van der Waals surface area contributed by atoms with Crippen LogP contribution in [-0.4, -0.2) is 39.2 Å². The van der Waals surface area contributed by atoms with Gasteiger partial charge in [0.1, 0.15) is 16.9 Å². The molecule has 0 aliphatic rings. The molecule has 0 unspecified atom stereocenters. The van der Waals surface area contributed by atoms with Crippen LogP contribution in [0.3, 0.4) is 0 Å². The second kappa shape index (κ2) is 4.72. The molecule has 0 amide bonds. The third-order valence-corrected chi connectivity index (χ3v) is 3.69. The third-order valence-electron chi connectivity index (χ3n) is 2.39. The van der Waals surface area contributed by atoms with Gasteiger partial charge in [0.15, 0.2) is 0 Å². The lowest BCUT2D eigenvalue weighted by Gasteiger charge is -2.01. The van der Waals surface area contributed by atoms with Gasteiger partial charge in [-0.25, -0.2) is 23.0 Å². The monoisotopic (exact) mass is 285 g/mol. The van der Waals surface area contributed by atoms with E-state index in [2.05, 4.69) is 19.9 Å². The van der Waals surface area contributed by atoms with Crippen LogP contribution in [0.1, 0.15) is 17.4 Å². The first kappa shape index (κ1) is 13.1. The number of carbonyl (C=O) groups is 1. The second-order valence-electron chi connectivity index (χ2n) is 3.59. The molecule has 2 aromatic heterocycles. The molecule has 0 aromatic carbocycles. The van der Waals surface area contributed by atoms with Gasteiger partial charge in [0, 0.05) is 12.7 Å². The Morgan fingerprint density at radius 3 is 2.79 bits per heavy atom. The number of aromatic carboxylic acids is 1. The summed E-state index contributed by atoms with van der Waals surface area (Å²) in [6, 6.07) is 1.09. The van der Waals surface area contributed by atoms with E-state index in [1.807, 2.05) is 0 Å². The smallest absolute Gasteiger partial charge is 0.352 e. The lowest BCUT2D eigenvalue weighted by Crippen LogP contribution is -2.13. The fourth-order valence-electron chi connectivity index (χ4n) is 1.51. The number of hydrogen-bond acceptors (Lipinski definition) is 5. The number of carboxylic acid groups (broad SMARTS) is 1. The highest BCUT2D eigenvalue weighted by molar-refractivity contribution is 7.92. The minimum Gasteiger partial charge on any atom is -0.477 e. The zero-order valence-electron chi connectivity index (χ0n) is 9.86. The van der Waals surface area contributed by atoms with Gasteiger partial charge in [0.2, 0.25) is 5.95 Å². The maximum absolute atomic E-state index is 12.0. The highest BCUT2D eigenvalue weighted by Crippen LogP contribution is 2.17. The molecule has 3 N–H and O–H groups in total. The molecular formula is C9H11N5O4S. The van der Waals surface area contributed by atoms with E-state index in [0.717, 1.165) is 12.4 Å². The van der Waals surface area contributed by atoms with Gasteiger partial charge in [-0.2, -0.15) is 10.1 Å². The molecular weight excluding hydrogens is 274 g/mol. The Labute approximate surface area is 108 Å². The highest BCUT2D eigenvalue weighted by atomic mass is 32.2. The van der Waals surface area contributed by atoms with Crippen LogP contribution in [0.4, 0.5) is 5.95 Å². The Hall–Kier alpha value is -2.36. The number of aromatic nitrogens is 4. The average molecular weight is 285 g/mol. The molecule has 10 heteroatoms. The Balaban J connectivity index is 2.38. The molecule has 2 heterocycles. The number of aromatic amines is 1. The van der Waals surface area contributed by atoms with E-state index in [-0.39, 0.29) is 16.5 Å². The predicted octanol–water partition coefficient (Wildman–Crippen LogP) is 0.125. The largest absolute Gasteiger partial charge is 0.477 e. The molecule has 0 atom stereocenters. The first-order valence-corrected chi connectivity index (χ1v) is 6.74. The highest BCUT2D eigenvalue weighted by Gasteiger charge is 2.21. The van der Waals surface area contributed by atoms with Gasteiger partial charge in [0.25, 0.3) is 10.0 Å². The molecule has 2 aromatic rings. The van der Waals surface area contributed by atoms with Crippen LogP contribution in [0.5, 0.6) is 0 Å². The summed E-state index contributed by atoms with van der Waals surface area (Å²) >= 11 is 0. The zero-order chi connectivity index (χ0) is 14.0. The third kappa shape index (κ3) is 2.57. The van der Waals surface area contributed by atoms with Crippen LogP contribution in [0.2, 0.25) is 0 Å². The van der Waals surface area contributed by atoms with Crippen molar-refractivity contribution >= 4 is 21.9 Å². The number of rotatable bonds is 5. The van der Waals surface area contributed by atoms with Crippen molar-refractivity contribution in [1.82, 2.24) is 19.7 Å². The molecule has 2 rings (SSSR count). The van der Waals surface area contributed by atoms with E-state index >= 15 is 0 Å². The molecule has 0 saturated heterocycles. The van der Waals surface area contributed by atoms with E-state index in [4.69, 9.17) is 5.11 Å². The predicted molar refractivity (Wildman–Crippen MR) is 64.3 cm³/mol. The lowest BCUT2D eigenvalue weighted by atomic mass is 10.4. The summed E-state index contributed by atoms with van der Waals surface area (Å²) in [4.78, 5) is 14.5. The molecule has 0 saturated carbocycles. The quantitative estimate of drug-likeness (QED) is 0.715. The molecule has 0 radical (unpaired) electrons. The van der Waals surface area contributed by atoms with E-state index in [1.165, 1.54) is 10.8 Å². The summed E-state index contributed by atoms with van der Waals surface area (Å²) in [7, 11) is -3.90. The molecule has 0 aliphatic heterocycles. The van der Waals surface area contributed by atoms with Crippen LogP contribution < -0.4 is 4.72 Å². The number of aryl methyl sites for hydroxylation is 1. The summed E-state index contributed by atoms with van der Waals surface area (Å²) in [5.74, 6) is -1.23. The molecule has 19 heavy (non-hydrogen) atoms. The Bertz CT molecular complexity index is 688. The number of H-pyrrole nitrogens is 1. The van der Waals surface area contributed by atoms with Crippen LogP contribution >= 0.6 is 0 Å². The van der Waals surface area contributed by atoms with Gasteiger partial charge in [0.05, 0.1) is 0 Å². The topological polar surface area (TPSA) is 130 Å². The number of nitrogens with zero attached hydrogens (tertiary/aromatic N) is 3. The number of hydrogen-bond donors (Lipinski definition) is 3. The SMILES string of the molecule is CCn1cc(S(=O)(=O)Nc2ncn[nH]2)cc1C(=O)O. The average Bonchev–Trinajstić information content (AvgIpc) is 2.95. The van der Waals surface area contributed by atoms with E-state index in [0.29, 0.717) is 6.54 Å². The fourth-order valence-corrected chi connectivity index (χ4v) is 2.52. The van der Waals surface area contributed by atoms with Crippen LogP contribution in [-0.2, 0) is 16.6 Å². The van der Waals surface area contributed by atoms with E-state index in [1.54, 1.807) is 6.92 Å². The first-order chi connectivity index (χ1) is 8.94. The van der Waals surface area contributed by atoms with Crippen molar-refractivity contribution in [2.24, 2.45) is 0 Å². The van der Waals surface area contributed by atoms with Gasteiger partial charge in [-0.3, -0.25) is 0 Å². The fraction of sp³-hybridized carbons (Fsp3) is 0.222. The van der Waals surface area contributed by atoms with Gasteiger partial charge < -0.3 is 9.67 Å². The van der Waals surface area contributed by atoms with Crippen LogP contribution in [0.15, 0.2) is 23.5 Å². The van der Waals surface area contributed by atoms with Gasteiger partial charge in [-0.15, -0.1) is 0 Å². The molecule has 9 nitrogen and oxygen atoms in total. The minimum absolute atomic E-state index is 0.0406. The molecule has 0 fully saturated rings. The van der Waals surface area contributed by atoms with Gasteiger partial charge in [-0.05, 0) is 13.0 Å².